The van der Waals surface area contributed by atoms with Gasteiger partial charge >= 0.3 is 0 Å². The quantitative estimate of drug-likeness (QED) is 0.633. The second-order valence-corrected chi connectivity index (χ2v) is 4.58. The zero-order valence-electron chi connectivity index (χ0n) is 9.44. The van der Waals surface area contributed by atoms with Gasteiger partial charge in [-0.2, -0.15) is 4.99 Å². The van der Waals surface area contributed by atoms with Crippen molar-refractivity contribution in [3.8, 4) is 0 Å². The van der Waals surface area contributed by atoms with Crippen LogP contribution in [0.1, 0.15) is 31.2 Å². The number of aromatic nitrogens is 2. The van der Waals surface area contributed by atoms with Crippen molar-refractivity contribution in [3.05, 3.63) is 30.1 Å². The highest BCUT2D eigenvalue weighted by atomic mass is 16.1. The first kappa shape index (κ1) is 10.2. The van der Waals surface area contributed by atoms with Crippen molar-refractivity contribution < 1.29 is 4.79 Å². The Kier molecular flexibility index (Phi) is 2.30. The van der Waals surface area contributed by atoms with Gasteiger partial charge < -0.3 is 4.98 Å². The molecular weight excluding hydrogens is 214 g/mol. The highest BCUT2D eigenvalue weighted by Gasteiger charge is 2.35. The molecule has 0 atom stereocenters. The Morgan fingerprint density at radius 2 is 2.18 bits per heavy atom. The summed E-state index contributed by atoms with van der Waals surface area (Å²) in [5.41, 5.74) is 2.68. The average molecular weight is 227 g/mol. The third-order valence-corrected chi connectivity index (χ3v) is 3.65. The van der Waals surface area contributed by atoms with Crippen LogP contribution in [0.25, 0.3) is 11.0 Å². The summed E-state index contributed by atoms with van der Waals surface area (Å²) in [7, 11) is 0. The molecule has 1 N–H and O–H groups in total. The fourth-order valence-corrected chi connectivity index (χ4v) is 2.74. The molecule has 4 heteroatoms. The standard InChI is InChI=1S/C13H13N3O/c17-9-16-13(5-1-2-6-13)10-3-4-11-12(7-10)15-8-14-11/h3-4,7-8H,1-2,5-6H2,(H,14,15). The maximum Gasteiger partial charge on any atom is 0.235 e. The minimum Gasteiger partial charge on any atom is -0.345 e. The molecule has 1 aromatic heterocycles. The van der Waals surface area contributed by atoms with Crippen LogP contribution < -0.4 is 0 Å². The molecule has 0 saturated heterocycles. The number of carbonyl (C=O) groups excluding carboxylic acids is 1. The van der Waals surface area contributed by atoms with Gasteiger partial charge in [-0.25, -0.2) is 9.78 Å². The van der Waals surface area contributed by atoms with E-state index in [0.29, 0.717) is 0 Å². The maximum atomic E-state index is 10.6. The van der Waals surface area contributed by atoms with Gasteiger partial charge in [-0.3, -0.25) is 0 Å². The van der Waals surface area contributed by atoms with Gasteiger partial charge in [0, 0.05) is 0 Å². The first-order valence-corrected chi connectivity index (χ1v) is 5.87. The first-order valence-electron chi connectivity index (χ1n) is 5.87. The lowest BCUT2D eigenvalue weighted by Crippen LogP contribution is -2.18. The molecule has 86 valence electrons. The number of isocyanates is 1. The third kappa shape index (κ3) is 1.58. The molecule has 0 bridgehead atoms. The van der Waals surface area contributed by atoms with Gasteiger partial charge in [-0.05, 0) is 30.5 Å². The summed E-state index contributed by atoms with van der Waals surface area (Å²) >= 11 is 0. The van der Waals surface area contributed by atoms with Crippen LogP contribution in [0.3, 0.4) is 0 Å². The lowest BCUT2D eigenvalue weighted by atomic mass is 9.89. The molecule has 1 aliphatic carbocycles. The highest BCUT2D eigenvalue weighted by Crippen LogP contribution is 2.42. The van der Waals surface area contributed by atoms with E-state index in [0.717, 1.165) is 42.3 Å². The van der Waals surface area contributed by atoms with Gasteiger partial charge in [0.15, 0.2) is 0 Å². The second-order valence-electron chi connectivity index (χ2n) is 4.58. The maximum absolute atomic E-state index is 10.6. The van der Waals surface area contributed by atoms with E-state index in [2.05, 4.69) is 21.0 Å². The summed E-state index contributed by atoms with van der Waals surface area (Å²) in [6, 6.07) is 6.05. The molecule has 4 nitrogen and oxygen atoms in total. The molecule has 0 spiro atoms. The van der Waals surface area contributed by atoms with Crippen LogP contribution in [0, 0.1) is 0 Å². The fourth-order valence-electron chi connectivity index (χ4n) is 2.74. The minimum atomic E-state index is -0.346. The number of imidazole rings is 1. The lowest BCUT2D eigenvalue weighted by Gasteiger charge is -2.22. The number of fused-ring (bicyclic) bond motifs is 1. The molecular formula is C13H13N3O. The molecule has 0 amide bonds. The van der Waals surface area contributed by atoms with Gasteiger partial charge in [0.05, 0.1) is 22.9 Å². The topological polar surface area (TPSA) is 58.1 Å². The van der Waals surface area contributed by atoms with Crippen molar-refractivity contribution in [1.82, 2.24) is 9.97 Å². The number of aromatic amines is 1. The summed E-state index contributed by atoms with van der Waals surface area (Å²) in [5, 5.41) is 0. The predicted molar refractivity (Wildman–Crippen MR) is 64.4 cm³/mol. The zero-order valence-corrected chi connectivity index (χ0v) is 9.44. The molecule has 0 radical (unpaired) electrons. The number of hydrogen-bond donors (Lipinski definition) is 1. The van der Waals surface area contributed by atoms with E-state index in [-0.39, 0.29) is 5.54 Å². The monoisotopic (exact) mass is 227 g/mol. The van der Waals surface area contributed by atoms with E-state index in [1.807, 2.05) is 12.1 Å². The molecule has 1 fully saturated rings. The van der Waals surface area contributed by atoms with Crippen LogP contribution in [0.5, 0.6) is 0 Å². The average Bonchev–Trinajstić information content (AvgIpc) is 2.96. The Morgan fingerprint density at radius 1 is 1.35 bits per heavy atom. The molecule has 1 aliphatic rings. The summed E-state index contributed by atoms with van der Waals surface area (Å²) in [4.78, 5) is 22.0. The van der Waals surface area contributed by atoms with Gasteiger partial charge in [0.1, 0.15) is 0 Å². The smallest absolute Gasteiger partial charge is 0.235 e. The molecule has 17 heavy (non-hydrogen) atoms. The predicted octanol–water partition coefficient (Wildman–Crippen LogP) is 2.67. The number of rotatable bonds is 2. The number of benzene rings is 1. The van der Waals surface area contributed by atoms with Crippen molar-refractivity contribution in [1.29, 1.82) is 0 Å². The first-order chi connectivity index (χ1) is 8.34. The highest BCUT2D eigenvalue weighted by molar-refractivity contribution is 5.75. The van der Waals surface area contributed by atoms with Gasteiger partial charge in [0.2, 0.25) is 6.08 Å². The van der Waals surface area contributed by atoms with Crippen LogP contribution in [0.2, 0.25) is 0 Å². The van der Waals surface area contributed by atoms with Crippen LogP contribution in [-0.4, -0.2) is 16.0 Å². The van der Waals surface area contributed by atoms with Gasteiger partial charge in [0.25, 0.3) is 0 Å². The van der Waals surface area contributed by atoms with Crippen LogP contribution in [0.4, 0.5) is 0 Å². The lowest BCUT2D eigenvalue weighted by molar-refractivity contribution is 0.456. The fraction of sp³-hybridized carbons (Fsp3) is 0.385. The van der Waals surface area contributed by atoms with Crippen molar-refractivity contribution in [3.63, 3.8) is 0 Å². The molecule has 0 aliphatic heterocycles. The normalized spacial score (nSPS) is 18.1. The van der Waals surface area contributed by atoms with Gasteiger partial charge in [-0.1, -0.05) is 18.9 Å². The molecule has 0 unspecified atom stereocenters. The van der Waals surface area contributed by atoms with Crippen LogP contribution in [-0.2, 0) is 10.3 Å². The van der Waals surface area contributed by atoms with E-state index in [1.165, 1.54) is 0 Å². The number of aliphatic imine (C=N–C) groups is 1. The summed E-state index contributed by atoms with van der Waals surface area (Å²) < 4.78 is 0. The number of nitrogens with zero attached hydrogens (tertiary/aromatic N) is 2. The number of H-pyrrole nitrogens is 1. The number of nitrogens with one attached hydrogen (secondary N) is 1. The minimum absolute atomic E-state index is 0.346. The molecule has 3 rings (SSSR count). The van der Waals surface area contributed by atoms with E-state index >= 15 is 0 Å². The van der Waals surface area contributed by atoms with Crippen LogP contribution >= 0.6 is 0 Å². The third-order valence-electron chi connectivity index (χ3n) is 3.65. The van der Waals surface area contributed by atoms with E-state index in [9.17, 15) is 4.79 Å². The largest absolute Gasteiger partial charge is 0.345 e. The molecule has 1 saturated carbocycles. The van der Waals surface area contributed by atoms with Crippen LogP contribution in [0.15, 0.2) is 29.5 Å². The van der Waals surface area contributed by atoms with E-state index in [1.54, 1.807) is 12.4 Å². The Bertz CT molecular complexity index is 589. The van der Waals surface area contributed by atoms with Crippen molar-refractivity contribution in [2.24, 2.45) is 4.99 Å². The Labute approximate surface area is 98.8 Å². The summed E-state index contributed by atoms with van der Waals surface area (Å²) in [6.07, 6.45) is 7.52. The second kappa shape index (κ2) is 3.82. The Balaban J connectivity index is 2.14. The molecule has 1 aromatic carbocycles. The Morgan fingerprint density at radius 3 is 2.94 bits per heavy atom. The Hall–Kier alpha value is -1.93. The van der Waals surface area contributed by atoms with Crippen molar-refractivity contribution in [2.45, 2.75) is 31.2 Å². The molecule has 2 aromatic rings. The van der Waals surface area contributed by atoms with Gasteiger partial charge in [-0.15, -0.1) is 0 Å². The summed E-state index contributed by atoms with van der Waals surface area (Å²) in [6.45, 7) is 0. The summed E-state index contributed by atoms with van der Waals surface area (Å²) in [5.74, 6) is 0. The zero-order chi connectivity index (χ0) is 11.7. The van der Waals surface area contributed by atoms with Crippen molar-refractivity contribution >= 4 is 17.1 Å². The SMILES string of the molecule is O=C=NC1(c2ccc3nc[nH]c3c2)CCCC1. The molecule has 1 heterocycles. The number of hydrogen-bond acceptors (Lipinski definition) is 3. The van der Waals surface area contributed by atoms with Crippen molar-refractivity contribution in [2.75, 3.05) is 0 Å². The van der Waals surface area contributed by atoms with E-state index < -0.39 is 0 Å². The van der Waals surface area contributed by atoms with E-state index in [4.69, 9.17) is 0 Å².